The number of likely N-dealkylation sites (tertiary alicyclic amines) is 1. The quantitative estimate of drug-likeness (QED) is 0.680. The normalized spacial score (nSPS) is 16.5. The van der Waals surface area contributed by atoms with Crippen molar-refractivity contribution in [3.63, 3.8) is 0 Å². The van der Waals surface area contributed by atoms with Gasteiger partial charge in [-0.15, -0.1) is 0 Å². The zero-order valence-electron chi connectivity index (χ0n) is 15.9. The highest BCUT2D eigenvalue weighted by molar-refractivity contribution is 6.32. The standard InChI is InChI=1S/C21H22ClN3O3/c1-3-28-19-14(22)11-13(12-18(19)27-2)21(26)25-10-6-9-17(25)20-23-15-7-4-5-8-16(15)24-20/h4-5,7-8,11-12,17H,3,6,9-10H2,1-2H3,(H,23,24)/t17-/m1/s1. The monoisotopic (exact) mass is 399 g/mol. The molecule has 4 rings (SSSR count). The van der Waals surface area contributed by atoms with Crippen molar-refractivity contribution in [3.8, 4) is 11.5 Å². The molecule has 1 aliphatic rings. The number of imidazole rings is 1. The molecule has 1 amide bonds. The molecule has 1 N–H and O–H groups in total. The SMILES string of the molecule is CCOc1c(Cl)cc(C(=O)N2CCC[C@@H]2c2nc3ccccc3[nH]2)cc1OC. The first kappa shape index (κ1) is 18.6. The number of rotatable bonds is 5. The summed E-state index contributed by atoms with van der Waals surface area (Å²) in [6.45, 7) is 3.01. The highest BCUT2D eigenvalue weighted by Crippen LogP contribution is 2.38. The average molecular weight is 400 g/mol. The minimum atomic E-state index is -0.0915. The second kappa shape index (κ2) is 7.72. The number of nitrogens with zero attached hydrogens (tertiary/aromatic N) is 2. The molecule has 0 radical (unpaired) electrons. The van der Waals surface area contributed by atoms with Crippen molar-refractivity contribution in [2.45, 2.75) is 25.8 Å². The number of carbonyl (C=O) groups excluding carboxylic acids is 1. The third-order valence-corrected chi connectivity index (χ3v) is 5.28. The zero-order chi connectivity index (χ0) is 19.7. The van der Waals surface area contributed by atoms with Crippen LogP contribution in [0.4, 0.5) is 0 Å². The van der Waals surface area contributed by atoms with Crippen LogP contribution in [-0.2, 0) is 0 Å². The number of benzene rings is 2. The molecule has 0 saturated carbocycles. The van der Waals surface area contributed by atoms with Crippen molar-refractivity contribution >= 4 is 28.5 Å². The van der Waals surface area contributed by atoms with Gasteiger partial charge in [0.25, 0.3) is 5.91 Å². The Kier molecular flexibility index (Phi) is 5.13. The lowest BCUT2D eigenvalue weighted by atomic mass is 10.1. The molecule has 1 atom stereocenters. The average Bonchev–Trinajstić information content (AvgIpc) is 3.35. The molecule has 2 heterocycles. The minimum absolute atomic E-state index is 0.0868. The van der Waals surface area contributed by atoms with Gasteiger partial charge < -0.3 is 19.4 Å². The maximum Gasteiger partial charge on any atom is 0.254 e. The number of para-hydroxylation sites is 2. The van der Waals surface area contributed by atoms with Gasteiger partial charge in [0.1, 0.15) is 5.82 Å². The van der Waals surface area contributed by atoms with Crippen LogP contribution in [0.15, 0.2) is 36.4 Å². The van der Waals surface area contributed by atoms with Crippen molar-refractivity contribution < 1.29 is 14.3 Å². The molecule has 7 heteroatoms. The van der Waals surface area contributed by atoms with Gasteiger partial charge in [0.15, 0.2) is 11.5 Å². The lowest BCUT2D eigenvalue weighted by molar-refractivity contribution is 0.0730. The molecule has 0 bridgehead atoms. The summed E-state index contributed by atoms with van der Waals surface area (Å²) >= 11 is 6.36. The number of amides is 1. The topological polar surface area (TPSA) is 67.5 Å². The van der Waals surface area contributed by atoms with Gasteiger partial charge >= 0.3 is 0 Å². The maximum atomic E-state index is 13.3. The van der Waals surface area contributed by atoms with Crippen LogP contribution in [0, 0.1) is 0 Å². The summed E-state index contributed by atoms with van der Waals surface area (Å²) in [4.78, 5) is 23.2. The van der Waals surface area contributed by atoms with Gasteiger partial charge in [-0.25, -0.2) is 4.98 Å². The van der Waals surface area contributed by atoms with Crippen molar-refractivity contribution in [1.29, 1.82) is 0 Å². The fourth-order valence-corrected chi connectivity index (χ4v) is 3.98. The third kappa shape index (κ3) is 3.29. The summed E-state index contributed by atoms with van der Waals surface area (Å²) in [6.07, 6.45) is 1.79. The number of H-pyrrole nitrogens is 1. The molecule has 1 saturated heterocycles. The predicted octanol–water partition coefficient (Wildman–Crippen LogP) is 4.60. The van der Waals surface area contributed by atoms with Gasteiger partial charge in [0.2, 0.25) is 0 Å². The van der Waals surface area contributed by atoms with Crippen LogP contribution in [-0.4, -0.2) is 41.0 Å². The maximum absolute atomic E-state index is 13.3. The van der Waals surface area contributed by atoms with Gasteiger partial charge in [-0.2, -0.15) is 0 Å². The van der Waals surface area contributed by atoms with Crippen LogP contribution in [0.3, 0.4) is 0 Å². The van der Waals surface area contributed by atoms with E-state index in [4.69, 9.17) is 26.1 Å². The molecular formula is C21H22ClN3O3. The molecule has 0 unspecified atom stereocenters. The number of fused-ring (bicyclic) bond motifs is 1. The van der Waals surface area contributed by atoms with Gasteiger partial charge in [-0.1, -0.05) is 23.7 Å². The molecule has 0 aliphatic carbocycles. The van der Waals surface area contributed by atoms with E-state index in [1.807, 2.05) is 36.1 Å². The Hall–Kier alpha value is -2.73. The summed E-state index contributed by atoms with van der Waals surface area (Å²) in [5.41, 5.74) is 2.36. The van der Waals surface area contributed by atoms with Gasteiger partial charge in [-0.05, 0) is 44.0 Å². The molecular weight excluding hydrogens is 378 g/mol. The molecule has 1 aliphatic heterocycles. The van der Waals surface area contributed by atoms with Crippen molar-refractivity contribution in [3.05, 3.63) is 52.8 Å². The summed E-state index contributed by atoms with van der Waals surface area (Å²) in [7, 11) is 1.54. The van der Waals surface area contributed by atoms with E-state index in [9.17, 15) is 4.79 Å². The summed E-state index contributed by atoms with van der Waals surface area (Å²) < 4.78 is 10.9. The van der Waals surface area contributed by atoms with E-state index in [-0.39, 0.29) is 11.9 Å². The van der Waals surface area contributed by atoms with Crippen molar-refractivity contribution in [2.24, 2.45) is 0 Å². The Labute approximate surface area is 168 Å². The number of methoxy groups -OCH3 is 1. The summed E-state index contributed by atoms with van der Waals surface area (Å²) in [5, 5.41) is 0.365. The van der Waals surface area contributed by atoms with E-state index in [1.54, 1.807) is 12.1 Å². The van der Waals surface area contributed by atoms with E-state index in [0.717, 1.165) is 29.7 Å². The fourth-order valence-electron chi connectivity index (χ4n) is 3.72. The summed E-state index contributed by atoms with van der Waals surface area (Å²) in [6, 6.07) is 11.1. The molecule has 6 nitrogen and oxygen atoms in total. The van der Waals surface area contributed by atoms with Gasteiger partial charge in [0.05, 0.1) is 35.8 Å². The molecule has 1 aromatic heterocycles. The van der Waals surface area contributed by atoms with Crippen LogP contribution in [0.25, 0.3) is 11.0 Å². The molecule has 0 spiro atoms. The lowest BCUT2D eigenvalue weighted by Crippen LogP contribution is -2.31. The van der Waals surface area contributed by atoms with E-state index in [2.05, 4.69) is 4.98 Å². The van der Waals surface area contributed by atoms with E-state index < -0.39 is 0 Å². The Morgan fingerprint density at radius 3 is 2.93 bits per heavy atom. The molecule has 2 aromatic carbocycles. The molecule has 146 valence electrons. The Morgan fingerprint density at radius 1 is 1.36 bits per heavy atom. The zero-order valence-corrected chi connectivity index (χ0v) is 16.6. The van der Waals surface area contributed by atoms with Crippen LogP contribution in [0.5, 0.6) is 11.5 Å². The molecule has 3 aromatic rings. The predicted molar refractivity (Wildman–Crippen MR) is 108 cm³/mol. The number of hydrogen-bond donors (Lipinski definition) is 1. The van der Waals surface area contributed by atoms with Crippen LogP contribution < -0.4 is 9.47 Å². The Morgan fingerprint density at radius 2 is 2.18 bits per heavy atom. The third-order valence-electron chi connectivity index (χ3n) is 5.00. The number of carbonyl (C=O) groups is 1. The first-order valence-electron chi connectivity index (χ1n) is 9.38. The number of hydrogen-bond acceptors (Lipinski definition) is 4. The fraction of sp³-hybridized carbons (Fsp3) is 0.333. The first-order valence-corrected chi connectivity index (χ1v) is 9.76. The van der Waals surface area contributed by atoms with E-state index in [0.29, 0.717) is 35.2 Å². The van der Waals surface area contributed by atoms with E-state index >= 15 is 0 Å². The number of halogens is 1. The summed E-state index contributed by atoms with van der Waals surface area (Å²) in [5.74, 6) is 1.64. The number of nitrogens with one attached hydrogen (secondary N) is 1. The molecule has 1 fully saturated rings. The number of aromatic nitrogens is 2. The Bertz CT molecular complexity index is 984. The first-order chi connectivity index (χ1) is 13.6. The smallest absolute Gasteiger partial charge is 0.254 e. The Balaban J connectivity index is 1.66. The lowest BCUT2D eigenvalue weighted by Gasteiger charge is -2.24. The molecule has 28 heavy (non-hydrogen) atoms. The van der Waals surface area contributed by atoms with Gasteiger partial charge in [0, 0.05) is 12.1 Å². The minimum Gasteiger partial charge on any atom is -0.493 e. The number of ether oxygens (including phenoxy) is 2. The van der Waals surface area contributed by atoms with Crippen molar-refractivity contribution in [2.75, 3.05) is 20.3 Å². The van der Waals surface area contributed by atoms with Crippen LogP contribution in [0.1, 0.15) is 42.0 Å². The van der Waals surface area contributed by atoms with Crippen LogP contribution in [0.2, 0.25) is 5.02 Å². The largest absolute Gasteiger partial charge is 0.493 e. The number of aromatic amines is 1. The van der Waals surface area contributed by atoms with Crippen LogP contribution >= 0.6 is 11.6 Å². The highest BCUT2D eigenvalue weighted by atomic mass is 35.5. The second-order valence-corrected chi connectivity index (χ2v) is 7.13. The van der Waals surface area contributed by atoms with E-state index in [1.165, 1.54) is 7.11 Å². The second-order valence-electron chi connectivity index (χ2n) is 6.72. The van der Waals surface area contributed by atoms with Gasteiger partial charge in [-0.3, -0.25) is 4.79 Å². The van der Waals surface area contributed by atoms with Crippen molar-refractivity contribution in [1.82, 2.24) is 14.9 Å². The highest BCUT2D eigenvalue weighted by Gasteiger charge is 2.33.